The fourth-order valence-electron chi connectivity index (χ4n) is 1.66. The number of Topliss-reactive ketones (excluding diaryl/α,β-unsaturated/α-hetero) is 1. The molecule has 0 spiro atoms. The van der Waals surface area contributed by atoms with Gasteiger partial charge in [0.2, 0.25) is 0 Å². The van der Waals surface area contributed by atoms with Crippen molar-refractivity contribution in [3.8, 4) is 0 Å². The average molecular weight is 224 g/mol. The molecule has 4 heteroatoms. The Balaban J connectivity index is 2.78. The monoisotopic (exact) mass is 224 g/mol. The van der Waals surface area contributed by atoms with E-state index in [0.717, 1.165) is 18.7 Å². The van der Waals surface area contributed by atoms with Crippen molar-refractivity contribution in [3.05, 3.63) is 17.5 Å². The summed E-state index contributed by atoms with van der Waals surface area (Å²) < 4.78 is 6.75. The maximum Gasteiger partial charge on any atom is 0.183 e. The first-order valence-corrected chi connectivity index (χ1v) is 5.67. The topological polar surface area (TPSA) is 44.1 Å². The standard InChI is InChI=1S/C12H20N2O2/c1-5-14-11(8-10(3)13-14)12(15)9(2)6-7-16-4/h8-9H,5-7H2,1-4H3. The van der Waals surface area contributed by atoms with Gasteiger partial charge in [-0.15, -0.1) is 0 Å². The Morgan fingerprint density at radius 1 is 1.62 bits per heavy atom. The largest absolute Gasteiger partial charge is 0.385 e. The SMILES string of the molecule is CCn1nc(C)cc1C(=O)C(C)CCOC. The minimum absolute atomic E-state index is 0.0126. The molecule has 1 unspecified atom stereocenters. The molecular weight excluding hydrogens is 204 g/mol. The van der Waals surface area contributed by atoms with Gasteiger partial charge in [-0.3, -0.25) is 9.48 Å². The third-order valence-electron chi connectivity index (χ3n) is 2.66. The zero-order valence-electron chi connectivity index (χ0n) is 10.5. The van der Waals surface area contributed by atoms with Gasteiger partial charge in [0.15, 0.2) is 5.78 Å². The van der Waals surface area contributed by atoms with E-state index in [1.54, 1.807) is 11.8 Å². The lowest BCUT2D eigenvalue weighted by molar-refractivity contribution is 0.0883. The quantitative estimate of drug-likeness (QED) is 0.695. The van der Waals surface area contributed by atoms with Gasteiger partial charge in [0, 0.05) is 26.2 Å². The molecule has 0 aliphatic rings. The van der Waals surface area contributed by atoms with Gasteiger partial charge in [-0.1, -0.05) is 6.92 Å². The van der Waals surface area contributed by atoms with Crippen LogP contribution in [-0.2, 0) is 11.3 Å². The van der Waals surface area contributed by atoms with Crippen molar-refractivity contribution in [2.45, 2.75) is 33.7 Å². The van der Waals surface area contributed by atoms with Gasteiger partial charge in [0.25, 0.3) is 0 Å². The van der Waals surface area contributed by atoms with Crippen LogP contribution in [-0.4, -0.2) is 29.3 Å². The first-order valence-electron chi connectivity index (χ1n) is 5.67. The molecule has 1 aromatic heterocycles. The number of ether oxygens (including phenoxy) is 1. The van der Waals surface area contributed by atoms with Crippen molar-refractivity contribution in [1.82, 2.24) is 9.78 Å². The van der Waals surface area contributed by atoms with Crippen LogP contribution in [0.4, 0.5) is 0 Å². The summed E-state index contributed by atoms with van der Waals surface area (Å²) in [5.74, 6) is 0.140. The van der Waals surface area contributed by atoms with E-state index >= 15 is 0 Å². The number of rotatable bonds is 6. The summed E-state index contributed by atoms with van der Waals surface area (Å²) in [6, 6.07) is 1.86. The summed E-state index contributed by atoms with van der Waals surface area (Å²) in [6.07, 6.45) is 0.753. The molecule has 0 aliphatic carbocycles. The molecule has 1 heterocycles. The number of carbonyl (C=O) groups excluding carboxylic acids is 1. The van der Waals surface area contributed by atoms with Gasteiger partial charge < -0.3 is 4.74 Å². The number of nitrogens with zero attached hydrogens (tertiary/aromatic N) is 2. The van der Waals surface area contributed by atoms with E-state index in [2.05, 4.69) is 5.10 Å². The highest BCUT2D eigenvalue weighted by atomic mass is 16.5. The van der Waals surface area contributed by atoms with Gasteiger partial charge in [-0.2, -0.15) is 5.10 Å². The first-order chi connectivity index (χ1) is 7.60. The maximum absolute atomic E-state index is 12.1. The van der Waals surface area contributed by atoms with Crippen LogP contribution in [0.25, 0.3) is 0 Å². The lowest BCUT2D eigenvalue weighted by Gasteiger charge is -2.10. The van der Waals surface area contributed by atoms with Crippen molar-refractivity contribution >= 4 is 5.78 Å². The van der Waals surface area contributed by atoms with Crippen LogP contribution >= 0.6 is 0 Å². The Labute approximate surface area is 96.6 Å². The third kappa shape index (κ3) is 2.92. The van der Waals surface area contributed by atoms with E-state index < -0.39 is 0 Å². The van der Waals surface area contributed by atoms with Gasteiger partial charge >= 0.3 is 0 Å². The van der Waals surface area contributed by atoms with E-state index in [9.17, 15) is 4.79 Å². The zero-order valence-corrected chi connectivity index (χ0v) is 10.5. The predicted molar refractivity (Wildman–Crippen MR) is 62.6 cm³/mol. The normalized spacial score (nSPS) is 12.8. The molecule has 0 bridgehead atoms. The second kappa shape index (κ2) is 5.80. The highest BCUT2D eigenvalue weighted by molar-refractivity contribution is 5.96. The molecule has 16 heavy (non-hydrogen) atoms. The number of hydrogen-bond acceptors (Lipinski definition) is 3. The van der Waals surface area contributed by atoms with Crippen molar-refractivity contribution in [2.75, 3.05) is 13.7 Å². The predicted octanol–water partition coefficient (Wildman–Crippen LogP) is 2.07. The van der Waals surface area contributed by atoms with Gasteiger partial charge in [0.05, 0.1) is 5.69 Å². The molecule has 0 aromatic carbocycles. The molecule has 0 saturated heterocycles. The number of methoxy groups -OCH3 is 1. The van der Waals surface area contributed by atoms with E-state index in [1.807, 2.05) is 26.8 Å². The Bertz CT molecular complexity index is 358. The fourth-order valence-corrected chi connectivity index (χ4v) is 1.66. The summed E-state index contributed by atoms with van der Waals surface area (Å²) in [7, 11) is 1.65. The molecule has 0 saturated carbocycles. The van der Waals surface area contributed by atoms with Crippen LogP contribution in [0.2, 0.25) is 0 Å². The number of aromatic nitrogens is 2. The molecule has 90 valence electrons. The molecule has 0 N–H and O–H groups in total. The van der Waals surface area contributed by atoms with Crippen LogP contribution < -0.4 is 0 Å². The zero-order chi connectivity index (χ0) is 12.1. The smallest absolute Gasteiger partial charge is 0.183 e. The average Bonchev–Trinajstić information content (AvgIpc) is 2.66. The molecule has 4 nitrogen and oxygen atoms in total. The molecule has 1 atom stereocenters. The van der Waals surface area contributed by atoms with Crippen LogP contribution in [0.5, 0.6) is 0 Å². The summed E-state index contributed by atoms with van der Waals surface area (Å²) in [5, 5.41) is 4.28. The van der Waals surface area contributed by atoms with Crippen LogP contribution in [0.1, 0.15) is 36.5 Å². The summed E-state index contributed by atoms with van der Waals surface area (Å²) in [6.45, 7) is 7.17. The molecule has 0 aliphatic heterocycles. The fraction of sp³-hybridized carbons (Fsp3) is 0.667. The highest BCUT2D eigenvalue weighted by Crippen LogP contribution is 2.13. The lowest BCUT2D eigenvalue weighted by atomic mass is 10.0. The lowest BCUT2D eigenvalue weighted by Crippen LogP contribution is -2.17. The van der Waals surface area contributed by atoms with Crippen molar-refractivity contribution in [1.29, 1.82) is 0 Å². The molecular formula is C12H20N2O2. The first kappa shape index (κ1) is 12.9. The Hall–Kier alpha value is -1.16. The summed E-state index contributed by atoms with van der Waals surface area (Å²) >= 11 is 0. The van der Waals surface area contributed by atoms with E-state index in [0.29, 0.717) is 12.3 Å². The third-order valence-corrected chi connectivity index (χ3v) is 2.66. The van der Waals surface area contributed by atoms with Crippen molar-refractivity contribution in [2.24, 2.45) is 5.92 Å². The van der Waals surface area contributed by atoms with Crippen LogP contribution in [0.15, 0.2) is 6.07 Å². The van der Waals surface area contributed by atoms with Gasteiger partial charge in [0.1, 0.15) is 5.69 Å². The Morgan fingerprint density at radius 3 is 2.88 bits per heavy atom. The minimum atomic E-state index is -0.0126. The number of aryl methyl sites for hydroxylation is 2. The van der Waals surface area contributed by atoms with E-state index in [-0.39, 0.29) is 11.7 Å². The second-order valence-electron chi connectivity index (χ2n) is 4.03. The Morgan fingerprint density at radius 2 is 2.31 bits per heavy atom. The van der Waals surface area contributed by atoms with Gasteiger partial charge in [-0.05, 0) is 26.3 Å². The van der Waals surface area contributed by atoms with Crippen LogP contribution in [0.3, 0.4) is 0 Å². The molecule has 0 amide bonds. The minimum Gasteiger partial charge on any atom is -0.385 e. The van der Waals surface area contributed by atoms with Crippen molar-refractivity contribution < 1.29 is 9.53 Å². The number of carbonyl (C=O) groups is 1. The molecule has 0 fully saturated rings. The maximum atomic E-state index is 12.1. The Kier molecular flexibility index (Phi) is 4.68. The highest BCUT2D eigenvalue weighted by Gasteiger charge is 2.19. The second-order valence-corrected chi connectivity index (χ2v) is 4.03. The van der Waals surface area contributed by atoms with E-state index in [4.69, 9.17) is 4.74 Å². The molecule has 1 aromatic rings. The molecule has 1 rings (SSSR count). The molecule has 0 radical (unpaired) electrons. The van der Waals surface area contributed by atoms with Crippen molar-refractivity contribution in [3.63, 3.8) is 0 Å². The number of ketones is 1. The van der Waals surface area contributed by atoms with E-state index in [1.165, 1.54) is 0 Å². The summed E-state index contributed by atoms with van der Waals surface area (Å²) in [5.41, 5.74) is 1.60. The number of hydrogen-bond donors (Lipinski definition) is 0. The van der Waals surface area contributed by atoms with Crippen LogP contribution in [0, 0.1) is 12.8 Å². The summed E-state index contributed by atoms with van der Waals surface area (Å²) in [4.78, 5) is 12.1. The van der Waals surface area contributed by atoms with Gasteiger partial charge in [-0.25, -0.2) is 0 Å².